The van der Waals surface area contributed by atoms with E-state index < -0.39 is 0 Å². The van der Waals surface area contributed by atoms with Crippen molar-refractivity contribution in [1.29, 1.82) is 0 Å². The minimum atomic E-state index is 0.589. The van der Waals surface area contributed by atoms with E-state index in [1.54, 1.807) is 0 Å². The van der Waals surface area contributed by atoms with Gasteiger partial charge in [0.2, 0.25) is 0 Å². The van der Waals surface area contributed by atoms with Crippen molar-refractivity contribution in [3.8, 4) is 0 Å². The van der Waals surface area contributed by atoms with Crippen LogP contribution in [0, 0.1) is 6.92 Å². The molecule has 0 spiro atoms. The van der Waals surface area contributed by atoms with E-state index in [1.807, 2.05) is 0 Å². The SMILES string of the molecule is CCC(C)c1cc(Br)c2[nH]c(C)c(CCN)c2c1. The van der Waals surface area contributed by atoms with E-state index >= 15 is 0 Å². The Balaban J connectivity index is 2.64. The summed E-state index contributed by atoms with van der Waals surface area (Å²) in [5.41, 5.74) is 10.9. The normalized spacial score (nSPS) is 13.2. The van der Waals surface area contributed by atoms with Gasteiger partial charge in [-0.25, -0.2) is 0 Å². The average molecular weight is 309 g/mol. The molecule has 0 fully saturated rings. The summed E-state index contributed by atoms with van der Waals surface area (Å²) in [6.45, 7) is 7.32. The first kappa shape index (κ1) is 13.6. The Morgan fingerprint density at radius 2 is 2.11 bits per heavy atom. The van der Waals surface area contributed by atoms with Gasteiger partial charge in [-0.05, 0) is 71.4 Å². The van der Waals surface area contributed by atoms with Crippen LogP contribution in [0.2, 0.25) is 0 Å². The number of aryl methyl sites for hydroxylation is 1. The van der Waals surface area contributed by atoms with Crippen LogP contribution in [-0.4, -0.2) is 11.5 Å². The predicted molar refractivity (Wildman–Crippen MR) is 82.2 cm³/mol. The van der Waals surface area contributed by atoms with Crippen LogP contribution in [0.5, 0.6) is 0 Å². The molecule has 0 aliphatic carbocycles. The molecule has 0 saturated carbocycles. The lowest BCUT2D eigenvalue weighted by Gasteiger charge is -2.10. The van der Waals surface area contributed by atoms with Crippen LogP contribution in [0.15, 0.2) is 16.6 Å². The molecular weight excluding hydrogens is 288 g/mol. The smallest absolute Gasteiger partial charge is 0.0603 e. The molecule has 1 heterocycles. The zero-order valence-corrected chi connectivity index (χ0v) is 12.9. The maximum Gasteiger partial charge on any atom is 0.0603 e. The lowest BCUT2D eigenvalue weighted by molar-refractivity contribution is 0.734. The highest BCUT2D eigenvalue weighted by Gasteiger charge is 2.13. The average Bonchev–Trinajstić information content (AvgIpc) is 2.67. The van der Waals surface area contributed by atoms with Crippen molar-refractivity contribution in [2.75, 3.05) is 6.54 Å². The molecule has 18 heavy (non-hydrogen) atoms. The molecule has 0 radical (unpaired) electrons. The topological polar surface area (TPSA) is 41.8 Å². The van der Waals surface area contributed by atoms with Crippen molar-refractivity contribution in [3.05, 3.63) is 33.4 Å². The van der Waals surface area contributed by atoms with Gasteiger partial charge < -0.3 is 10.7 Å². The van der Waals surface area contributed by atoms with Crippen molar-refractivity contribution in [1.82, 2.24) is 4.98 Å². The highest BCUT2D eigenvalue weighted by atomic mass is 79.9. The van der Waals surface area contributed by atoms with Gasteiger partial charge >= 0.3 is 0 Å². The minimum Gasteiger partial charge on any atom is -0.357 e. The summed E-state index contributed by atoms with van der Waals surface area (Å²) in [5.74, 6) is 0.589. The molecule has 2 nitrogen and oxygen atoms in total. The quantitative estimate of drug-likeness (QED) is 0.871. The van der Waals surface area contributed by atoms with Crippen LogP contribution in [-0.2, 0) is 6.42 Å². The molecule has 0 aliphatic rings. The zero-order valence-electron chi connectivity index (χ0n) is 11.3. The van der Waals surface area contributed by atoms with Crippen LogP contribution in [0.3, 0.4) is 0 Å². The number of aromatic nitrogens is 1. The molecule has 1 atom stereocenters. The van der Waals surface area contributed by atoms with Crippen molar-refractivity contribution >= 4 is 26.8 Å². The molecule has 1 unspecified atom stereocenters. The fourth-order valence-electron chi connectivity index (χ4n) is 2.44. The van der Waals surface area contributed by atoms with Crippen LogP contribution < -0.4 is 5.73 Å². The maximum absolute atomic E-state index is 5.72. The van der Waals surface area contributed by atoms with E-state index in [4.69, 9.17) is 5.73 Å². The van der Waals surface area contributed by atoms with Gasteiger partial charge in [0.1, 0.15) is 0 Å². The second kappa shape index (κ2) is 5.45. The second-order valence-corrected chi connectivity index (χ2v) is 5.86. The van der Waals surface area contributed by atoms with Crippen LogP contribution >= 0.6 is 15.9 Å². The van der Waals surface area contributed by atoms with Gasteiger partial charge in [0, 0.05) is 15.6 Å². The van der Waals surface area contributed by atoms with E-state index in [0.717, 1.165) is 17.3 Å². The van der Waals surface area contributed by atoms with Gasteiger partial charge in [0.25, 0.3) is 0 Å². The van der Waals surface area contributed by atoms with Crippen molar-refractivity contribution < 1.29 is 0 Å². The van der Waals surface area contributed by atoms with Crippen LogP contribution in [0.1, 0.15) is 43.0 Å². The van der Waals surface area contributed by atoms with Gasteiger partial charge in [0.15, 0.2) is 0 Å². The first-order valence-electron chi connectivity index (χ1n) is 6.59. The van der Waals surface area contributed by atoms with Crippen molar-refractivity contribution in [2.24, 2.45) is 5.73 Å². The monoisotopic (exact) mass is 308 g/mol. The molecule has 98 valence electrons. The van der Waals surface area contributed by atoms with Gasteiger partial charge in [-0.15, -0.1) is 0 Å². The Hall–Kier alpha value is -0.800. The van der Waals surface area contributed by atoms with Crippen LogP contribution in [0.4, 0.5) is 0 Å². The van der Waals surface area contributed by atoms with Crippen LogP contribution in [0.25, 0.3) is 10.9 Å². The number of hydrogen-bond acceptors (Lipinski definition) is 1. The summed E-state index contributed by atoms with van der Waals surface area (Å²) in [5, 5.41) is 1.32. The summed E-state index contributed by atoms with van der Waals surface area (Å²) < 4.78 is 1.15. The number of hydrogen-bond donors (Lipinski definition) is 2. The molecular formula is C15H21BrN2. The molecule has 2 rings (SSSR count). The first-order valence-corrected chi connectivity index (χ1v) is 7.38. The third-order valence-electron chi connectivity index (χ3n) is 3.78. The van der Waals surface area contributed by atoms with E-state index in [2.05, 4.69) is 53.8 Å². The highest BCUT2D eigenvalue weighted by molar-refractivity contribution is 9.10. The van der Waals surface area contributed by atoms with E-state index in [0.29, 0.717) is 12.5 Å². The van der Waals surface area contributed by atoms with E-state index in [9.17, 15) is 0 Å². The van der Waals surface area contributed by atoms with E-state index in [-0.39, 0.29) is 0 Å². The molecule has 0 amide bonds. The number of nitrogens with two attached hydrogens (primary N) is 1. The fourth-order valence-corrected chi connectivity index (χ4v) is 3.02. The van der Waals surface area contributed by atoms with Gasteiger partial charge in [-0.1, -0.05) is 13.8 Å². The van der Waals surface area contributed by atoms with Crippen molar-refractivity contribution in [3.63, 3.8) is 0 Å². The van der Waals surface area contributed by atoms with Gasteiger partial charge in [-0.2, -0.15) is 0 Å². The lowest BCUT2D eigenvalue weighted by atomic mass is 9.96. The number of aromatic amines is 1. The molecule has 0 bridgehead atoms. The second-order valence-electron chi connectivity index (χ2n) is 5.00. The molecule has 3 N–H and O–H groups in total. The number of rotatable bonds is 4. The fraction of sp³-hybridized carbons (Fsp3) is 0.467. The summed E-state index contributed by atoms with van der Waals surface area (Å²) in [6, 6.07) is 4.56. The van der Waals surface area contributed by atoms with Crippen molar-refractivity contribution in [2.45, 2.75) is 39.5 Å². The summed E-state index contributed by atoms with van der Waals surface area (Å²) >= 11 is 3.68. The number of H-pyrrole nitrogens is 1. The molecule has 3 heteroatoms. The Morgan fingerprint density at radius 1 is 1.39 bits per heavy atom. The molecule has 2 aromatic rings. The molecule has 0 aliphatic heterocycles. The Morgan fingerprint density at radius 3 is 2.72 bits per heavy atom. The molecule has 1 aromatic carbocycles. The minimum absolute atomic E-state index is 0.589. The maximum atomic E-state index is 5.72. The number of benzene rings is 1. The van der Waals surface area contributed by atoms with Gasteiger partial charge in [0.05, 0.1) is 5.52 Å². The first-order chi connectivity index (χ1) is 8.58. The number of halogens is 1. The van der Waals surface area contributed by atoms with E-state index in [1.165, 1.54) is 27.7 Å². The third kappa shape index (κ3) is 2.34. The number of nitrogens with one attached hydrogen (secondary N) is 1. The zero-order chi connectivity index (χ0) is 13.3. The highest BCUT2D eigenvalue weighted by Crippen LogP contribution is 2.33. The largest absolute Gasteiger partial charge is 0.357 e. The Kier molecular flexibility index (Phi) is 4.13. The summed E-state index contributed by atoms with van der Waals surface area (Å²) in [6.07, 6.45) is 2.09. The molecule has 0 saturated heterocycles. The number of fused-ring (bicyclic) bond motifs is 1. The lowest BCUT2D eigenvalue weighted by Crippen LogP contribution is -2.03. The predicted octanol–water partition coefficient (Wildman–Crippen LogP) is 4.25. The summed E-state index contributed by atoms with van der Waals surface area (Å²) in [7, 11) is 0. The summed E-state index contributed by atoms with van der Waals surface area (Å²) in [4.78, 5) is 3.46. The Labute approximate surface area is 117 Å². The van der Waals surface area contributed by atoms with Gasteiger partial charge in [-0.3, -0.25) is 0 Å². The molecule has 1 aromatic heterocycles. The third-order valence-corrected chi connectivity index (χ3v) is 4.40. The Bertz CT molecular complexity index is 557. The standard InChI is InChI=1S/C15H21BrN2/c1-4-9(2)11-7-13-12(5-6-17)10(3)18-15(13)14(16)8-11/h7-9,18H,4-6,17H2,1-3H3.